The van der Waals surface area contributed by atoms with E-state index in [1.807, 2.05) is 26.0 Å². The van der Waals surface area contributed by atoms with Crippen LogP contribution in [0.3, 0.4) is 0 Å². The standard InChI is InChI=1S/C17H28N2O2/c1-6-13(2)19-16(20)18-11-12-21-15-9-7-14(8-10-15)17(3,4)5/h7-10,13H,6,11-12H2,1-5H3,(H2,18,19,20). The molecule has 0 aliphatic carbocycles. The third-order valence-electron chi connectivity index (χ3n) is 3.37. The fourth-order valence-electron chi connectivity index (χ4n) is 1.76. The fourth-order valence-corrected chi connectivity index (χ4v) is 1.76. The van der Waals surface area contributed by atoms with Crippen LogP contribution in [0.4, 0.5) is 4.79 Å². The van der Waals surface area contributed by atoms with Crippen molar-refractivity contribution < 1.29 is 9.53 Å². The highest BCUT2D eigenvalue weighted by Gasteiger charge is 2.12. The molecule has 0 radical (unpaired) electrons. The Morgan fingerprint density at radius 1 is 1.24 bits per heavy atom. The summed E-state index contributed by atoms with van der Waals surface area (Å²) in [5.41, 5.74) is 1.43. The number of carbonyl (C=O) groups excluding carboxylic acids is 1. The van der Waals surface area contributed by atoms with E-state index in [9.17, 15) is 4.79 Å². The predicted molar refractivity (Wildman–Crippen MR) is 86.9 cm³/mol. The predicted octanol–water partition coefficient (Wildman–Crippen LogP) is 3.46. The van der Waals surface area contributed by atoms with Gasteiger partial charge in [-0.25, -0.2) is 4.79 Å². The lowest BCUT2D eigenvalue weighted by Crippen LogP contribution is -2.41. The molecule has 118 valence electrons. The van der Waals surface area contributed by atoms with Gasteiger partial charge in [0.1, 0.15) is 12.4 Å². The molecule has 0 saturated heterocycles. The van der Waals surface area contributed by atoms with Crippen LogP contribution in [0.15, 0.2) is 24.3 Å². The van der Waals surface area contributed by atoms with Crippen LogP contribution < -0.4 is 15.4 Å². The quantitative estimate of drug-likeness (QED) is 0.789. The molecular formula is C17H28N2O2. The molecule has 0 spiro atoms. The first-order chi connectivity index (χ1) is 9.82. The summed E-state index contributed by atoms with van der Waals surface area (Å²) in [4.78, 5) is 11.5. The number of rotatable bonds is 6. The summed E-state index contributed by atoms with van der Waals surface area (Å²) in [6, 6.07) is 8.16. The number of hydrogen-bond donors (Lipinski definition) is 2. The maximum absolute atomic E-state index is 11.5. The van der Waals surface area contributed by atoms with Crippen LogP contribution in [0.1, 0.15) is 46.6 Å². The lowest BCUT2D eigenvalue weighted by molar-refractivity contribution is 0.233. The number of benzene rings is 1. The van der Waals surface area contributed by atoms with Crippen LogP contribution in [0, 0.1) is 0 Å². The normalized spacial score (nSPS) is 12.6. The molecule has 4 nitrogen and oxygen atoms in total. The van der Waals surface area contributed by atoms with Crippen molar-refractivity contribution in [3.05, 3.63) is 29.8 Å². The third kappa shape index (κ3) is 6.52. The van der Waals surface area contributed by atoms with Crippen LogP contribution >= 0.6 is 0 Å². The van der Waals surface area contributed by atoms with Gasteiger partial charge in [0.2, 0.25) is 0 Å². The van der Waals surface area contributed by atoms with Gasteiger partial charge in [0.05, 0.1) is 6.54 Å². The molecule has 1 rings (SSSR count). The maximum Gasteiger partial charge on any atom is 0.315 e. The largest absolute Gasteiger partial charge is 0.492 e. The van der Waals surface area contributed by atoms with Crippen molar-refractivity contribution in [2.24, 2.45) is 0 Å². The highest BCUT2D eigenvalue weighted by atomic mass is 16.5. The summed E-state index contributed by atoms with van der Waals surface area (Å²) in [5.74, 6) is 0.826. The molecule has 1 aromatic rings. The van der Waals surface area contributed by atoms with Gasteiger partial charge >= 0.3 is 6.03 Å². The number of urea groups is 1. The summed E-state index contributed by atoms with van der Waals surface area (Å²) in [7, 11) is 0. The van der Waals surface area contributed by atoms with Crippen molar-refractivity contribution in [2.45, 2.75) is 52.5 Å². The zero-order chi connectivity index (χ0) is 15.9. The molecule has 4 heteroatoms. The van der Waals surface area contributed by atoms with E-state index in [0.717, 1.165) is 12.2 Å². The van der Waals surface area contributed by atoms with Gasteiger partial charge in [-0.2, -0.15) is 0 Å². The van der Waals surface area contributed by atoms with E-state index in [1.165, 1.54) is 5.56 Å². The van der Waals surface area contributed by atoms with Gasteiger partial charge in [-0.05, 0) is 36.5 Å². The highest BCUT2D eigenvalue weighted by Crippen LogP contribution is 2.24. The lowest BCUT2D eigenvalue weighted by Gasteiger charge is -2.19. The minimum absolute atomic E-state index is 0.143. The van der Waals surface area contributed by atoms with E-state index in [0.29, 0.717) is 13.2 Å². The fraction of sp³-hybridized carbons (Fsp3) is 0.588. The van der Waals surface area contributed by atoms with Crippen molar-refractivity contribution >= 4 is 6.03 Å². The van der Waals surface area contributed by atoms with E-state index >= 15 is 0 Å². The summed E-state index contributed by atoms with van der Waals surface area (Å²) in [6.45, 7) is 11.5. The molecule has 0 aromatic heterocycles. The molecule has 0 bridgehead atoms. The number of carbonyl (C=O) groups is 1. The Kier molecular flexibility index (Phi) is 6.53. The van der Waals surface area contributed by atoms with Gasteiger partial charge in [-0.3, -0.25) is 0 Å². The van der Waals surface area contributed by atoms with E-state index in [4.69, 9.17) is 4.74 Å². The molecule has 21 heavy (non-hydrogen) atoms. The zero-order valence-electron chi connectivity index (χ0n) is 13.8. The zero-order valence-corrected chi connectivity index (χ0v) is 13.8. The average Bonchev–Trinajstić information content (AvgIpc) is 2.43. The van der Waals surface area contributed by atoms with Gasteiger partial charge in [0, 0.05) is 6.04 Å². The summed E-state index contributed by atoms with van der Waals surface area (Å²) >= 11 is 0. The van der Waals surface area contributed by atoms with Gasteiger partial charge in [-0.15, -0.1) is 0 Å². The van der Waals surface area contributed by atoms with Crippen molar-refractivity contribution in [1.82, 2.24) is 10.6 Å². The Labute approximate surface area is 128 Å². The maximum atomic E-state index is 11.5. The van der Waals surface area contributed by atoms with Crippen LogP contribution in [-0.2, 0) is 5.41 Å². The molecule has 1 atom stereocenters. The van der Waals surface area contributed by atoms with Gasteiger partial charge in [0.15, 0.2) is 0 Å². The first-order valence-electron chi connectivity index (χ1n) is 7.60. The topological polar surface area (TPSA) is 50.4 Å². The summed E-state index contributed by atoms with van der Waals surface area (Å²) in [5, 5.41) is 5.63. The average molecular weight is 292 g/mol. The molecule has 2 amide bonds. The minimum atomic E-state index is -0.143. The molecular weight excluding hydrogens is 264 g/mol. The Bertz CT molecular complexity index is 435. The second kappa shape index (κ2) is 7.91. The first kappa shape index (κ1) is 17.3. The number of nitrogens with one attached hydrogen (secondary N) is 2. The van der Waals surface area contributed by atoms with Gasteiger partial charge < -0.3 is 15.4 Å². The second-order valence-corrected chi connectivity index (χ2v) is 6.33. The molecule has 0 heterocycles. The Morgan fingerprint density at radius 2 is 1.86 bits per heavy atom. The second-order valence-electron chi connectivity index (χ2n) is 6.33. The van der Waals surface area contributed by atoms with Crippen molar-refractivity contribution in [3.8, 4) is 5.75 Å². The van der Waals surface area contributed by atoms with Crippen LogP contribution in [0.25, 0.3) is 0 Å². The molecule has 0 saturated carbocycles. The van der Waals surface area contributed by atoms with Crippen LogP contribution in [-0.4, -0.2) is 25.2 Å². The Hall–Kier alpha value is -1.71. The van der Waals surface area contributed by atoms with E-state index in [-0.39, 0.29) is 17.5 Å². The monoisotopic (exact) mass is 292 g/mol. The Balaban J connectivity index is 2.28. The molecule has 0 aliphatic rings. The van der Waals surface area contributed by atoms with Crippen molar-refractivity contribution in [2.75, 3.05) is 13.2 Å². The first-order valence-corrected chi connectivity index (χ1v) is 7.60. The number of ether oxygens (including phenoxy) is 1. The molecule has 0 aliphatic heterocycles. The number of hydrogen-bond acceptors (Lipinski definition) is 2. The molecule has 1 aromatic carbocycles. The van der Waals surface area contributed by atoms with Crippen molar-refractivity contribution in [3.63, 3.8) is 0 Å². The molecule has 1 unspecified atom stereocenters. The van der Waals surface area contributed by atoms with Gasteiger partial charge in [-0.1, -0.05) is 39.8 Å². The van der Waals surface area contributed by atoms with Crippen LogP contribution in [0.5, 0.6) is 5.75 Å². The Morgan fingerprint density at radius 3 is 2.38 bits per heavy atom. The van der Waals surface area contributed by atoms with Gasteiger partial charge in [0.25, 0.3) is 0 Å². The van der Waals surface area contributed by atoms with Crippen molar-refractivity contribution in [1.29, 1.82) is 0 Å². The van der Waals surface area contributed by atoms with E-state index in [2.05, 4.69) is 43.5 Å². The highest BCUT2D eigenvalue weighted by molar-refractivity contribution is 5.74. The minimum Gasteiger partial charge on any atom is -0.492 e. The smallest absolute Gasteiger partial charge is 0.315 e. The number of amides is 2. The van der Waals surface area contributed by atoms with E-state index < -0.39 is 0 Å². The summed E-state index contributed by atoms with van der Waals surface area (Å²) < 4.78 is 5.61. The molecule has 2 N–H and O–H groups in total. The molecule has 0 fully saturated rings. The van der Waals surface area contributed by atoms with Crippen LogP contribution in [0.2, 0.25) is 0 Å². The third-order valence-corrected chi connectivity index (χ3v) is 3.37. The SMILES string of the molecule is CCC(C)NC(=O)NCCOc1ccc(C(C)(C)C)cc1. The summed E-state index contributed by atoms with van der Waals surface area (Å²) in [6.07, 6.45) is 0.921. The van der Waals surface area contributed by atoms with E-state index in [1.54, 1.807) is 0 Å². The lowest BCUT2D eigenvalue weighted by atomic mass is 9.87.